The first-order valence-electron chi connectivity index (χ1n) is 7.92. The monoisotopic (exact) mass is 390 g/mol. The van der Waals surface area contributed by atoms with E-state index in [4.69, 9.17) is 10.00 Å². The SMILES string of the molecule is CC1=NS(=O)(=O)NC(C)=C1CC(=O)O[C@H](C)C(=O)Nc1ccccc1C#N. The van der Waals surface area contributed by atoms with Gasteiger partial charge in [-0.25, -0.2) is 0 Å². The number of nitriles is 1. The van der Waals surface area contributed by atoms with Crippen molar-refractivity contribution in [1.82, 2.24) is 4.72 Å². The summed E-state index contributed by atoms with van der Waals surface area (Å²) >= 11 is 0. The van der Waals surface area contributed by atoms with E-state index in [0.29, 0.717) is 11.3 Å². The van der Waals surface area contributed by atoms with Crippen LogP contribution in [0.15, 0.2) is 39.9 Å². The zero-order chi connectivity index (χ0) is 20.2. The van der Waals surface area contributed by atoms with Crippen molar-refractivity contribution in [3.05, 3.63) is 41.1 Å². The lowest BCUT2D eigenvalue weighted by Crippen LogP contribution is -2.32. The van der Waals surface area contributed by atoms with Gasteiger partial charge in [0.15, 0.2) is 6.10 Å². The smallest absolute Gasteiger partial charge is 0.342 e. The zero-order valence-corrected chi connectivity index (χ0v) is 15.8. The number of anilines is 1. The van der Waals surface area contributed by atoms with Crippen molar-refractivity contribution in [2.75, 3.05) is 5.32 Å². The van der Waals surface area contributed by atoms with E-state index in [2.05, 4.69) is 14.4 Å². The molecule has 1 atom stereocenters. The largest absolute Gasteiger partial charge is 0.452 e. The van der Waals surface area contributed by atoms with Gasteiger partial charge >= 0.3 is 16.2 Å². The molecule has 142 valence electrons. The molecule has 1 aromatic carbocycles. The molecule has 2 rings (SSSR count). The Bertz CT molecular complexity index is 989. The number of carbonyl (C=O) groups excluding carboxylic acids is 2. The third kappa shape index (κ3) is 5.15. The highest BCUT2D eigenvalue weighted by Crippen LogP contribution is 2.18. The van der Waals surface area contributed by atoms with Crippen molar-refractivity contribution < 1.29 is 22.7 Å². The number of rotatable bonds is 5. The van der Waals surface area contributed by atoms with Crippen LogP contribution in [0, 0.1) is 11.3 Å². The molecule has 2 N–H and O–H groups in total. The minimum atomic E-state index is -3.79. The van der Waals surface area contributed by atoms with Crippen LogP contribution >= 0.6 is 0 Å². The molecule has 0 aliphatic carbocycles. The van der Waals surface area contributed by atoms with Crippen LogP contribution in [-0.2, 0) is 24.5 Å². The summed E-state index contributed by atoms with van der Waals surface area (Å²) in [4.78, 5) is 24.3. The summed E-state index contributed by atoms with van der Waals surface area (Å²) in [7, 11) is -3.79. The minimum Gasteiger partial charge on any atom is -0.452 e. The van der Waals surface area contributed by atoms with Crippen molar-refractivity contribution in [2.24, 2.45) is 4.40 Å². The Kier molecular flexibility index (Phi) is 5.97. The van der Waals surface area contributed by atoms with E-state index in [9.17, 15) is 18.0 Å². The number of allylic oxidation sites excluding steroid dienone is 1. The number of esters is 1. The van der Waals surface area contributed by atoms with E-state index in [1.54, 1.807) is 24.3 Å². The Balaban J connectivity index is 2.01. The van der Waals surface area contributed by atoms with Gasteiger partial charge in [0.25, 0.3) is 5.91 Å². The molecule has 0 saturated carbocycles. The van der Waals surface area contributed by atoms with Crippen LogP contribution in [0.1, 0.15) is 32.8 Å². The first-order valence-corrected chi connectivity index (χ1v) is 9.36. The highest BCUT2D eigenvalue weighted by Gasteiger charge is 2.25. The molecule has 1 amide bonds. The molecule has 1 aliphatic heterocycles. The standard InChI is InChI=1S/C17H18N4O5S/c1-10-14(11(2)21-27(24,25)20-10)8-16(22)26-12(3)17(23)19-15-7-5-4-6-13(15)9-18/h4-7,12,20H,8H2,1-3H3,(H,19,23)/t12-/m1/s1. The van der Waals surface area contributed by atoms with Crippen LogP contribution in [0.5, 0.6) is 0 Å². The van der Waals surface area contributed by atoms with Crippen LogP contribution in [-0.4, -0.2) is 32.1 Å². The second kappa shape index (κ2) is 8.01. The van der Waals surface area contributed by atoms with Crippen LogP contribution in [0.3, 0.4) is 0 Å². The Morgan fingerprint density at radius 2 is 2.00 bits per heavy atom. The molecule has 0 spiro atoms. The molecule has 0 radical (unpaired) electrons. The van der Waals surface area contributed by atoms with Gasteiger partial charge in [-0.05, 0) is 32.9 Å². The van der Waals surface area contributed by atoms with Crippen molar-refractivity contribution >= 4 is 33.5 Å². The number of para-hydroxylation sites is 1. The Morgan fingerprint density at radius 3 is 2.63 bits per heavy atom. The molecule has 0 bridgehead atoms. The lowest BCUT2D eigenvalue weighted by molar-refractivity contribution is -0.152. The van der Waals surface area contributed by atoms with E-state index in [-0.39, 0.29) is 23.4 Å². The molecule has 27 heavy (non-hydrogen) atoms. The van der Waals surface area contributed by atoms with Gasteiger partial charge in [0, 0.05) is 11.3 Å². The van der Waals surface area contributed by atoms with Gasteiger partial charge in [-0.2, -0.15) is 13.7 Å². The number of carbonyl (C=O) groups is 2. The molecule has 1 aromatic rings. The van der Waals surface area contributed by atoms with Gasteiger partial charge in [0.2, 0.25) is 0 Å². The average Bonchev–Trinajstić information content (AvgIpc) is 2.57. The number of nitrogens with zero attached hydrogens (tertiary/aromatic N) is 2. The fraction of sp³-hybridized carbons (Fsp3) is 0.294. The highest BCUT2D eigenvalue weighted by molar-refractivity contribution is 7.88. The van der Waals surface area contributed by atoms with Crippen molar-refractivity contribution in [3.63, 3.8) is 0 Å². The minimum absolute atomic E-state index is 0.184. The van der Waals surface area contributed by atoms with Crippen LogP contribution in [0.4, 0.5) is 5.69 Å². The normalized spacial score (nSPS) is 16.4. The maximum absolute atomic E-state index is 12.2. The Morgan fingerprint density at radius 1 is 1.33 bits per heavy atom. The summed E-state index contributed by atoms with van der Waals surface area (Å²) in [6.07, 6.45) is -1.35. The molecule has 0 unspecified atom stereocenters. The summed E-state index contributed by atoms with van der Waals surface area (Å²) in [5, 5.41) is 11.6. The summed E-state index contributed by atoms with van der Waals surface area (Å²) < 4.78 is 33.8. The van der Waals surface area contributed by atoms with Crippen LogP contribution in [0.2, 0.25) is 0 Å². The number of benzene rings is 1. The topological polar surface area (TPSA) is 138 Å². The molecule has 1 aliphatic rings. The summed E-state index contributed by atoms with van der Waals surface area (Å²) in [6, 6.07) is 8.39. The van der Waals surface area contributed by atoms with E-state index in [0.717, 1.165) is 0 Å². The molecule has 1 heterocycles. The molecule has 0 saturated heterocycles. The molecule has 0 aromatic heterocycles. The number of hydrogen-bond donors (Lipinski definition) is 2. The quantitative estimate of drug-likeness (QED) is 0.729. The molecular formula is C17H18N4O5S. The van der Waals surface area contributed by atoms with E-state index in [1.165, 1.54) is 20.8 Å². The maximum Gasteiger partial charge on any atom is 0.342 e. The number of hydrogen-bond acceptors (Lipinski definition) is 6. The lowest BCUT2D eigenvalue weighted by Gasteiger charge is -2.19. The molecule has 9 nitrogen and oxygen atoms in total. The predicted octanol–water partition coefficient (Wildman–Crippen LogP) is 1.40. The summed E-state index contributed by atoms with van der Waals surface area (Å²) in [6.45, 7) is 4.38. The number of nitrogens with one attached hydrogen (secondary N) is 2. The Labute approximate surface area is 156 Å². The van der Waals surface area contributed by atoms with Crippen LogP contribution in [0.25, 0.3) is 0 Å². The summed E-state index contributed by atoms with van der Waals surface area (Å²) in [5.41, 5.74) is 1.45. The zero-order valence-electron chi connectivity index (χ0n) is 14.9. The molecule has 10 heteroatoms. The second-order valence-electron chi connectivity index (χ2n) is 5.81. The number of amides is 1. The first-order chi connectivity index (χ1) is 12.6. The fourth-order valence-corrected chi connectivity index (χ4v) is 3.43. The summed E-state index contributed by atoms with van der Waals surface area (Å²) in [5.74, 6) is -1.30. The third-order valence-corrected chi connectivity index (χ3v) is 4.81. The molecular weight excluding hydrogens is 372 g/mol. The first kappa shape index (κ1) is 20.1. The van der Waals surface area contributed by atoms with Crippen molar-refractivity contribution in [2.45, 2.75) is 33.3 Å². The van der Waals surface area contributed by atoms with Gasteiger partial charge in [0.05, 0.1) is 23.4 Å². The van der Waals surface area contributed by atoms with E-state index >= 15 is 0 Å². The predicted molar refractivity (Wildman–Crippen MR) is 97.8 cm³/mol. The van der Waals surface area contributed by atoms with Gasteiger partial charge in [-0.3, -0.25) is 14.3 Å². The fourth-order valence-electron chi connectivity index (χ4n) is 2.41. The van der Waals surface area contributed by atoms with Crippen molar-refractivity contribution in [1.29, 1.82) is 5.26 Å². The lowest BCUT2D eigenvalue weighted by atomic mass is 10.1. The van der Waals surface area contributed by atoms with E-state index < -0.39 is 28.2 Å². The van der Waals surface area contributed by atoms with Gasteiger partial charge in [-0.1, -0.05) is 12.1 Å². The average molecular weight is 390 g/mol. The van der Waals surface area contributed by atoms with Gasteiger partial charge in [-0.15, -0.1) is 4.40 Å². The van der Waals surface area contributed by atoms with Crippen molar-refractivity contribution in [3.8, 4) is 6.07 Å². The van der Waals surface area contributed by atoms with Gasteiger partial charge < -0.3 is 10.1 Å². The third-order valence-electron chi connectivity index (χ3n) is 3.73. The maximum atomic E-state index is 12.2. The molecule has 0 fully saturated rings. The van der Waals surface area contributed by atoms with Gasteiger partial charge in [0.1, 0.15) is 6.07 Å². The van der Waals surface area contributed by atoms with E-state index in [1.807, 2.05) is 6.07 Å². The second-order valence-corrected chi connectivity index (χ2v) is 7.15. The highest BCUT2D eigenvalue weighted by atomic mass is 32.2. The number of ether oxygens (including phenoxy) is 1. The van der Waals surface area contributed by atoms with Crippen LogP contribution < -0.4 is 10.0 Å². The Hall–Kier alpha value is -3.19.